The van der Waals surface area contributed by atoms with Gasteiger partial charge in [-0.15, -0.1) is 0 Å². The summed E-state index contributed by atoms with van der Waals surface area (Å²) < 4.78 is 34.8. The number of nitrogens with zero attached hydrogens (tertiary/aromatic N) is 2. The quantitative estimate of drug-likeness (QED) is 0.564. The first-order chi connectivity index (χ1) is 15.0. The lowest BCUT2D eigenvalue weighted by atomic mass is 10.1. The molecule has 0 atom stereocenters. The molecule has 3 rings (SSSR count). The molecule has 2 aromatic carbocycles. The number of aryl methyl sites for hydroxylation is 3. The maximum absolute atomic E-state index is 13.0. The lowest BCUT2D eigenvalue weighted by molar-refractivity contribution is 0.102. The largest absolute Gasteiger partial charge is 0.495 e. The van der Waals surface area contributed by atoms with Crippen molar-refractivity contribution in [3.8, 4) is 11.4 Å². The first-order valence-corrected chi connectivity index (χ1v) is 11.7. The Hall–Kier alpha value is -3.17. The minimum Gasteiger partial charge on any atom is -0.495 e. The molecular weight excluding hydrogens is 428 g/mol. The summed E-state index contributed by atoms with van der Waals surface area (Å²) in [4.78, 5) is 12.9. The highest BCUT2D eigenvalue weighted by Gasteiger charge is 2.23. The molecule has 0 aliphatic rings. The highest BCUT2D eigenvalue weighted by molar-refractivity contribution is 7.89. The van der Waals surface area contributed by atoms with Gasteiger partial charge in [-0.1, -0.05) is 6.07 Å². The van der Waals surface area contributed by atoms with Crippen LogP contribution in [-0.4, -0.2) is 37.3 Å². The Morgan fingerprint density at radius 1 is 1.03 bits per heavy atom. The van der Waals surface area contributed by atoms with Gasteiger partial charge in [0.1, 0.15) is 16.5 Å². The van der Waals surface area contributed by atoms with E-state index < -0.39 is 15.9 Å². The normalized spacial score (nSPS) is 11.6. The number of ether oxygens (including phenoxy) is 1. The monoisotopic (exact) mass is 456 g/mol. The van der Waals surface area contributed by atoms with Gasteiger partial charge < -0.3 is 10.1 Å². The second-order valence-corrected chi connectivity index (χ2v) is 9.71. The van der Waals surface area contributed by atoms with Gasteiger partial charge in [0.05, 0.1) is 18.5 Å². The Balaban J connectivity index is 1.98. The van der Waals surface area contributed by atoms with Crippen LogP contribution in [0.3, 0.4) is 0 Å². The summed E-state index contributed by atoms with van der Waals surface area (Å²) in [6.07, 6.45) is 0. The molecule has 1 amide bonds. The standard InChI is InChI=1S/C23H28N4O4S/c1-14(2)26-32(29,30)21-13-18(7-8-20(21)31-6)23(28)24-22-12-17(5)25-27(22)19-10-15(3)9-16(4)11-19/h7-14,26H,1-6H3,(H,24,28). The second kappa shape index (κ2) is 9.13. The van der Waals surface area contributed by atoms with Crippen molar-refractivity contribution in [1.82, 2.24) is 14.5 Å². The number of hydrogen-bond donors (Lipinski definition) is 2. The third kappa shape index (κ3) is 5.17. The van der Waals surface area contributed by atoms with Crippen LogP contribution in [0.4, 0.5) is 5.82 Å². The molecule has 0 aliphatic carbocycles. The molecule has 0 spiro atoms. The topological polar surface area (TPSA) is 102 Å². The summed E-state index contributed by atoms with van der Waals surface area (Å²) in [6.45, 7) is 9.27. The van der Waals surface area contributed by atoms with Crippen molar-refractivity contribution in [2.45, 2.75) is 45.6 Å². The molecule has 9 heteroatoms. The van der Waals surface area contributed by atoms with Crippen molar-refractivity contribution in [2.24, 2.45) is 0 Å². The van der Waals surface area contributed by atoms with E-state index in [1.165, 1.54) is 25.3 Å². The maximum Gasteiger partial charge on any atom is 0.256 e. The predicted octanol–water partition coefficient (Wildman–Crippen LogP) is 3.75. The highest BCUT2D eigenvalue weighted by Crippen LogP contribution is 2.26. The summed E-state index contributed by atoms with van der Waals surface area (Å²) >= 11 is 0. The number of methoxy groups -OCH3 is 1. The Morgan fingerprint density at radius 3 is 2.28 bits per heavy atom. The molecule has 8 nitrogen and oxygen atoms in total. The van der Waals surface area contributed by atoms with Gasteiger partial charge >= 0.3 is 0 Å². The smallest absolute Gasteiger partial charge is 0.256 e. The van der Waals surface area contributed by atoms with Gasteiger partial charge in [-0.2, -0.15) is 5.10 Å². The lowest BCUT2D eigenvalue weighted by Crippen LogP contribution is -2.30. The zero-order valence-electron chi connectivity index (χ0n) is 19.1. The van der Waals surface area contributed by atoms with Gasteiger partial charge in [-0.25, -0.2) is 17.8 Å². The van der Waals surface area contributed by atoms with Crippen molar-refractivity contribution >= 4 is 21.7 Å². The second-order valence-electron chi connectivity index (χ2n) is 8.02. The van der Waals surface area contributed by atoms with Gasteiger partial charge in [0.2, 0.25) is 10.0 Å². The number of nitrogens with one attached hydrogen (secondary N) is 2. The number of rotatable bonds is 7. The van der Waals surface area contributed by atoms with E-state index >= 15 is 0 Å². The van der Waals surface area contributed by atoms with Crippen LogP contribution in [0.1, 0.15) is 41.0 Å². The van der Waals surface area contributed by atoms with Crippen molar-refractivity contribution in [3.63, 3.8) is 0 Å². The van der Waals surface area contributed by atoms with E-state index in [0.717, 1.165) is 22.5 Å². The zero-order chi connectivity index (χ0) is 23.6. The number of amides is 1. The molecule has 32 heavy (non-hydrogen) atoms. The van der Waals surface area contributed by atoms with E-state index in [2.05, 4.69) is 21.2 Å². The summed E-state index contributed by atoms with van der Waals surface area (Å²) in [7, 11) is -2.48. The van der Waals surface area contributed by atoms with Crippen molar-refractivity contribution in [3.05, 3.63) is 64.8 Å². The summed E-state index contributed by atoms with van der Waals surface area (Å²) in [5.74, 6) is 0.183. The Kier molecular flexibility index (Phi) is 6.71. The number of sulfonamides is 1. The van der Waals surface area contributed by atoms with Crippen LogP contribution < -0.4 is 14.8 Å². The molecule has 0 fully saturated rings. The van der Waals surface area contributed by atoms with Gasteiger partial charge in [0.25, 0.3) is 5.91 Å². The van der Waals surface area contributed by atoms with E-state index in [1.54, 1.807) is 24.6 Å². The van der Waals surface area contributed by atoms with E-state index in [1.807, 2.05) is 32.9 Å². The lowest BCUT2D eigenvalue weighted by Gasteiger charge is -2.14. The molecule has 0 saturated carbocycles. The van der Waals surface area contributed by atoms with Crippen LogP contribution >= 0.6 is 0 Å². The van der Waals surface area contributed by atoms with E-state index in [4.69, 9.17) is 4.74 Å². The summed E-state index contributed by atoms with van der Waals surface area (Å²) in [5.41, 5.74) is 3.89. The molecule has 0 aliphatic heterocycles. The molecule has 1 heterocycles. The van der Waals surface area contributed by atoms with Crippen LogP contribution in [0.15, 0.2) is 47.4 Å². The number of carbonyl (C=O) groups is 1. The van der Waals surface area contributed by atoms with Crippen LogP contribution in [0.2, 0.25) is 0 Å². The van der Waals surface area contributed by atoms with E-state index in [9.17, 15) is 13.2 Å². The number of benzene rings is 2. The van der Waals surface area contributed by atoms with Gasteiger partial charge in [-0.05, 0) is 76.1 Å². The van der Waals surface area contributed by atoms with Gasteiger partial charge in [0.15, 0.2) is 0 Å². The number of anilines is 1. The first kappa shape index (κ1) is 23.5. The number of aromatic nitrogens is 2. The molecule has 0 bridgehead atoms. The molecule has 170 valence electrons. The van der Waals surface area contributed by atoms with Crippen LogP contribution in [-0.2, 0) is 10.0 Å². The molecular formula is C23H28N4O4S. The average Bonchev–Trinajstić information content (AvgIpc) is 3.05. The van der Waals surface area contributed by atoms with Crippen molar-refractivity contribution < 1.29 is 17.9 Å². The van der Waals surface area contributed by atoms with E-state index in [-0.39, 0.29) is 22.3 Å². The fourth-order valence-electron chi connectivity index (χ4n) is 3.45. The molecule has 2 N–H and O–H groups in total. The summed E-state index contributed by atoms with van der Waals surface area (Å²) in [5, 5.41) is 7.35. The van der Waals surface area contributed by atoms with Crippen LogP contribution in [0, 0.1) is 20.8 Å². The number of carbonyl (C=O) groups excluding carboxylic acids is 1. The minimum atomic E-state index is -3.86. The minimum absolute atomic E-state index is 0.0969. The average molecular weight is 457 g/mol. The molecule has 0 saturated heterocycles. The molecule has 1 aromatic heterocycles. The Morgan fingerprint density at radius 2 is 1.69 bits per heavy atom. The summed E-state index contributed by atoms with van der Waals surface area (Å²) in [6, 6.07) is 11.8. The third-order valence-corrected chi connectivity index (χ3v) is 6.31. The van der Waals surface area contributed by atoms with Crippen LogP contribution in [0.5, 0.6) is 5.75 Å². The zero-order valence-corrected chi connectivity index (χ0v) is 19.9. The molecule has 3 aromatic rings. The maximum atomic E-state index is 13.0. The molecule has 0 radical (unpaired) electrons. The SMILES string of the molecule is COc1ccc(C(=O)Nc2cc(C)nn2-c2cc(C)cc(C)c2)cc1S(=O)(=O)NC(C)C. The van der Waals surface area contributed by atoms with Crippen LogP contribution in [0.25, 0.3) is 5.69 Å². The Bertz CT molecular complexity index is 1240. The van der Waals surface area contributed by atoms with Gasteiger partial charge in [0, 0.05) is 17.7 Å². The van der Waals surface area contributed by atoms with Crippen molar-refractivity contribution in [1.29, 1.82) is 0 Å². The van der Waals surface area contributed by atoms with Gasteiger partial charge in [-0.3, -0.25) is 4.79 Å². The third-order valence-electron chi connectivity index (χ3n) is 4.63. The fourth-order valence-corrected chi connectivity index (χ4v) is 4.89. The molecule has 0 unspecified atom stereocenters. The fraction of sp³-hybridized carbons (Fsp3) is 0.304. The highest BCUT2D eigenvalue weighted by atomic mass is 32.2. The predicted molar refractivity (Wildman–Crippen MR) is 124 cm³/mol. The first-order valence-electron chi connectivity index (χ1n) is 10.2. The Labute approximate surface area is 188 Å². The van der Waals surface area contributed by atoms with Crippen molar-refractivity contribution in [2.75, 3.05) is 12.4 Å². The van der Waals surface area contributed by atoms with E-state index in [0.29, 0.717) is 5.82 Å². The number of hydrogen-bond acceptors (Lipinski definition) is 5.